The number of nitrogens with two attached hydrogens (primary N) is 1. The van der Waals surface area contributed by atoms with Gasteiger partial charge in [0.1, 0.15) is 5.82 Å². The fourth-order valence-electron chi connectivity index (χ4n) is 1.37. The van der Waals surface area contributed by atoms with Gasteiger partial charge in [-0.15, -0.1) is 0 Å². The highest BCUT2D eigenvalue weighted by molar-refractivity contribution is 5.12. The molecule has 0 aliphatic rings. The van der Waals surface area contributed by atoms with E-state index in [1.165, 1.54) is 0 Å². The van der Waals surface area contributed by atoms with Gasteiger partial charge in [0.2, 0.25) is 0 Å². The number of aromatic nitrogens is 3. The van der Waals surface area contributed by atoms with Gasteiger partial charge in [-0.05, 0) is 24.1 Å². The largest absolute Gasteiger partial charge is 0.321 e. The summed E-state index contributed by atoms with van der Waals surface area (Å²) in [7, 11) is 0. The molecule has 2 aromatic rings. The van der Waals surface area contributed by atoms with E-state index in [2.05, 4.69) is 15.0 Å². The quantitative estimate of drug-likeness (QED) is 0.806. The van der Waals surface area contributed by atoms with Gasteiger partial charge in [0.15, 0.2) is 0 Å². The molecule has 0 saturated carbocycles. The van der Waals surface area contributed by atoms with Crippen molar-refractivity contribution in [3.8, 4) is 0 Å². The molecule has 0 bridgehead atoms. The van der Waals surface area contributed by atoms with Crippen LogP contribution in [0.1, 0.15) is 17.4 Å². The summed E-state index contributed by atoms with van der Waals surface area (Å²) < 4.78 is 0. The van der Waals surface area contributed by atoms with E-state index in [-0.39, 0.29) is 6.04 Å². The third-order valence-corrected chi connectivity index (χ3v) is 2.10. The molecule has 2 aromatic heterocycles. The molecule has 0 saturated heterocycles. The van der Waals surface area contributed by atoms with Crippen LogP contribution in [0, 0.1) is 0 Å². The van der Waals surface area contributed by atoms with Gasteiger partial charge in [0.25, 0.3) is 0 Å². The standard InChI is InChI=1S/C11H12N4/c12-10(11-14-5-2-6-15-11)7-9-3-1-4-13-8-9/h1-6,8,10H,7,12H2. The third-order valence-electron chi connectivity index (χ3n) is 2.10. The first kappa shape index (κ1) is 9.73. The van der Waals surface area contributed by atoms with E-state index in [4.69, 9.17) is 5.73 Å². The van der Waals surface area contributed by atoms with Gasteiger partial charge in [0, 0.05) is 24.8 Å². The van der Waals surface area contributed by atoms with Crippen LogP contribution in [0.4, 0.5) is 0 Å². The smallest absolute Gasteiger partial charge is 0.145 e. The van der Waals surface area contributed by atoms with Crippen molar-refractivity contribution in [3.05, 3.63) is 54.4 Å². The van der Waals surface area contributed by atoms with Gasteiger partial charge in [-0.25, -0.2) is 9.97 Å². The molecule has 0 amide bonds. The lowest BCUT2D eigenvalue weighted by atomic mass is 10.1. The van der Waals surface area contributed by atoms with E-state index in [1.54, 1.807) is 24.7 Å². The Balaban J connectivity index is 2.08. The van der Waals surface area contributed by atoms with Gasteiger partial charge in [-0.1, -0.05) is 6.07 Å². The minimum atomic E-state index is -0.171. The number of hydrogen-bond donors (Lipinski definition) is 1. The molecule has 2 rings (SSSR count). The molecule has 0 radical (unpaired) electrons. The van der Waals surface area contributed by atoms with Crippen molar-refractivity contribution in [1.82, 2.24) is 15.0 Å². The lowest BCUT2D eigenvalue weighted by Crippen LogP contribution is -2.16. The molecule has 0 fully saturated rings. The first-order valence-corrected chi connectivity index (χ1v) is 4.77. The fourth-order valence-corrected chi connectivity index (χ4v) is 1.37. The van der Waals surface area contributed by atoms with Crippen LogP contribution >= 0.6 is 0 Å². The van der Waals surface area contributed by atoms with Gasteiger partial charge < -0.3 is 5.73 Å². The second-order valence-electron chi connectivity index (χ2n) is 3.28. The van der Waals surface area contributed by atoms with E-state index in [1.807, 2.05) is 18.3 Å². The van der Waals surface area contributed by atoms with Crippen molar-refractivity contribution in [2.45, 2.75) is 12.5 Å². The summed E-state index contributed by atoms with van der Waals surface area (Å²) in [6.07, 6.45) is 7.66. The highest BCUT2D eigenvalue weighted by Crippen LogP contribution is 2.10. The minimum Gasteiger partial charge on any atom is -0.321 e. The zero-order chi connectivity index (χ0) is 10.5. The third kappa shape index (κ3) is 2.57. The molecule has 0 aromatic carbocycles. The average molecular weight is 200 g/mol. The molecule has 1 atom stereocenters. The molecule has 1 unspecified atom stereocenters. The highest BCUT2D eigenvalue weighted by atomic mass is 14.9. The van der Waals surface area contributed by atoms with Crippen LogP contribution < -0.4 is 5.73 Å². The molecular formula is C11H12N4. The number of pyridine rings is 1. The van der Waals surface area contributed by atoms with Crippen LogP contribution in [0.5, 0.6) is 0 Å². The first-order valence-electron chi connectivity index (χ1n) is 4.77. The Morgan fingerprint density at radius 1 is 1.13 bits per heavy atom. The summed E-state index contributed by atoms with van der Waals surface area (Å²) in [6, 6.07) is 5.50. The van der Waals surface area contributed by atoms with Crippen molar-refractivity contribution in [1.29, 1.82) is 0 Å². The Morgan fingerprint density at radius 3 is 2.60 bits per heavy atom. The van der Waals surface area contributed by atoms with Crippen LogP contribution in [-0.2, 0) is 6.42 Å². The van der Waals surface area contributed by atoms with Crippen LogP contribution in [0.25, 0.3) is 0 Å². The Labute approximate surface area is 88.2 Å². The molecule has 0 aliphatic carbocycles. The van der Waals surface area contributed by atoms with Crippen molar-refractivity contribution in [3.63, 3.8) is 0 Å². The van der Waals surface area contributed by atoms with Crippen molar-refractivity contribution >= 4 is 0 Å². The van der Waals surface area contributed by atoms with Crippen LogP contribution in [0.2, 0.25) is 0 Å². The Bertz CT molecular complexity index is 401. The minimum absolute atomic E-state index is 0.171. The van der Waals surface area contributed by atoms with E-state index in [9.17, 15) is 0 Å². The van der Waals surface area contributed by atoms with E-state index >= 15 is 0 Å². The molecule has 76 valence electrons. The molecule has 4 nitrogen and oxygen atoms in total. The molecule has 0 spiro atoms. The Kier molecular flexibility index (Phi) is 2.99. The molecule has 15 heavy (non-hydrogen) atoms. The monoisotopic (exact) mass is 200 g/mol. The van der Waals surface area contributed by atoms with Gasteiger partial charge >= 0.3 is 0 Å². The maximum atomic E-state index is 5.97. The normalized spacial score (nSPS) is 12.3. The zero-order valence-electron chi connectivity index (χ0n) is 8.24. The summed E-state index contributed by atoms with van der Waals surface area (Å²) in [5, 5.41) is 0. The summed E-state index contributed by atoms with van der Waals surface area (Å²) in [5.74, 6) is 0.668. The summed E-state index contributed by atoms with van der Waals surface area (Å²) in [5.41, 5.74) is 7.07. The summed E-state index contributed by atoms with van der Waals surface area (Å²) in [4.78, 5) is 12.3. The predicted molar refractivity (Wildman–Crippen MR) is 56.9 cm³/mol. The lowest BCUT2D eigenvalue weighted by molar-refractivity contribution is 0.665. The van der Waals surface area contributed by atoms with Crippen LogP contribution in [-0.4, -0.2) is 15.0 Å². The van der Waals surface area contributed by atoms with Crippen molar-refractivity contribution in [2.24, 2.45) is 5.73 Å². The van der Waals surface area contributed by atoms with Gasteiger partial charge in [0.05, 0.1) is 6.04 Å². The zero-order valence-corrected chi connectivity index (χ0v) is 8.24. The highest BCUT2D eigenvalue weighted by Gasteiger charge is 2.08. The number of hydrogen-bond acceptors (Lipinski definition) is 4. The van der Waals surface area contributed by atoms with Gasteiger partial charge in [-0.3, -0.25) is 4.98 Å². The summed E-state index contributed by atoms with van der Waals surface area (Å²) in [6.45, 7) is 0. The fraction of sp³-hybridized carbons (Fsp3) is 0.182. The lowest BCUT2D eigenvalue weighted by Gasteiger charge is -2.08. The SMILES string of the molecule is NC(Cc1cccnc1)c1ncccn1. The van der Waals surface area contributed by atoms with Crippen LogP contribution in [0.3, 0.4) is 0 Å². The van der Waals surface area contributed by atoms with Gasteiger partial charge in [-0.2, -0.15) is 0 Å². The molecule has 0 aliphatic heterocycles. The Morgan fingerprint density at radius 2 is 1.93 bits per heavy atom. The maximum absolute atomic E-state index is 5.97. The van der Waals surface area contributed by atoms with Crippen LogP contribution in [0.15, 0.2) is 43.0 Å². The van der Waals surface area contributed by atoms with Crippen molar-refractivity contribution in [2.75, 3.05) is 0 Å². The van der Waals surface area contributed by atoms with E-state index in [0.717, 1.165) is 5.56 Å². The molecule has 2 heterocycles. The first-order chi connectivity index (χ1) is 7.36. The van der Waals surface area contributed by atoms with E-state index in [0.29, 0.717) is 12.2 Å². The maximum Gasteiger partial charge on any atom is 0.145 e. The second kappa shape index (κ2) is 4.61. The number of rotatable bonds is 3. The summed E-state index contributed by atoms with van der Waals surface area (Å²) >= 11 is 0. The average Bonchev–Trinajstić information content (AvgIpc) is 2.31. The molecular weight excluding hydrogens is 188 g/mol. The molecule has 4 heteroatoms. The molecule has 2 N–H and O–H groups in total. The Hall–Kier alpha value is -1.81. The topological polar surface area (TPSA) is 64.7 Å². The predicted octanol–water partition coefficient (Wildman–Crippen LogP) is 1.11. The second-order valence-corrected chi connectivity index (χ2v) is 3.28. The number of nitrogens with zero attached hydrogens (tertiary/aromatic N) is 3. The van der Waals surface area contributed by atoms with Crippen molar-refractivity contribution < 1.29 is 0 Å². The van der Waals surface area contributed by atoms with E-state index < -0.39 is 0 Å².